The number of hydrogen-bond acceptors (Lipinski definition) is 3. The average molecular weight is 279 g/mol. The summed E-state index contributed by atoms with van der Waals surface area (Å²) in [6.07, 6.45) is 1.68. The number of halogens is 1. The molecule has 0 amide bonds. The van der Waals surface area contributed by atoms with E-state index >= 15 is 0 Å². The first-order valence-electron chi connectivity index (χ1n) is 5.98. The largest absolute Gasteiger partial charge is 1.00 e. The van der Waals surface area contributed by atoms with Gasteiger partial charge >= 0.3 is 0 Å². The van der Waals surface area contributed by atoms with Gasteiger partial charge in [0.25, 0.3) is 12.2 Å². The third-order valence-electron chi connectivity index (χ3n) is 3.04. The Morgan fingerprint density at radius 1 is 1.37 bits per heavy atom. The number of nitrogens with zero attached hydrogens (tertiary/aromatic N) is 4. The maximum absolute atomic E-state index is 10.1. The average Bonchev–Trinajstić information content (AvgIpc) is 2.73. The van der Waals surface area contributed by atoms with Crippen LogP contribution in [0.3, 0.4) is 0 Å². The Kier molecular flexibility index (Phi) is 3.97. The third kappa shape index (κ3) is 2.67. The van der Waals surface area contributed by atoms with Crippen molar-refractivity contribution >= 4 is 5.71 Å². The van der Waals surface area contributed by atoms with Crippen molar-refractivity contribution in [2.75, 3.05) is 0 Å². The molecule has 19 heavy (non-hydrogen) atoms. The van der Waals surface area contributed by atoms with Gasteiger partial charge < -0.3 is 17.5 Å². The van der Waals surface area contributed by atoms with Gasteiger partial charge in [-0.15, -0.1) is 14.5 Å². The molecule has 1 unspecified atom stereocenters. The van der Waals surface area contributed by atoms with Gasteiger partial charge in [-0.3, -0.25) is 0 Å². The van der Waals surface area contributed by atoms with Crippen molar-refractivity contribution in [1.29, 1.82) is 0 Å². The molecule has 5 nitrogen and oxygen atoms in total. The zero-order valence-electron chi connectivity index (χ0n) is 10.6. The maximum Gasteiger partial charge on any atom is 0.289 e. The molecule has 1 aromatic heterocycles. The molecule has 0 spiro atoms. The van der Waals surface area contributed by atoms with Gasteiger partial charge in [-0.05, 0) is 12.5 Å². The predicted octanol–water partition coefficient (Wildman–Crippen LogP) is -2.12. The van der Waals surface area contributed by atoms with E-state index in [9.17, 15) is 5.11 Å². The van der Waals surface area contributed by atoms with E-state index < -0.39 is 6.10 Å². The van der Waals surface area contributed by atoms with Gasteiger partial charge in [0.05, 0.1) is 5.71 Å². The zero-order valence-corrected chi connectivity index (χ0v) is 11.3. The summed E-state index contributed by atoms with van der Waals surface area (Å²) in [5.74, 6) is 0.740. The Bertz CT molecular complexity index is 594. The molecule has 0 bridgehead atoms. The van der Waals surface area contributed by atoms with E-state index in [0.29, 0.717) is 13.0 Å². The normalized spacial score (nSPS) is 17.4. The van der Waals surface area contributed by atoms with Crippen LogP contribution in [-0.4, -0.2) is 20.6 Å². The smallest absolute Gasteiger partial charge is 0.289 e. The Balaban J connectivity index is 0.00000133. The first-order valence-corrected chi connectivity index (χ1v) is 5.98. The Morgan fingerprint density at radius 2 is 2.11 bits per heavy atom. The van der Waals surface area contributed by atoms with Crippen LogP contribution < -0.4 is 17.1 Å². The number of aromatic nitrogens is 3. The van der Waals surface area contributed by atoms with E-state index in [1.165, 1.54) is 0 Å². The number of rotatable bonds is 2. The fourth-order valence-corrected chi connectivity index (χ4v) is 2.22. The van der Waals surface area contributed by atoms with E-state index in [2.05, 4.69) is 10.2 Å². The van der Waals surface area contributed by atoms with Crippen LogP contribution in [0.5, 0.6) is 0 Å². The molecule has 1 aliphatic heterocycles. The highest BCUT2D eigenvalue weighted by Crippen LogP contribution is 2.17. The fraction of sp³-hybridized carbons (Fsp3) is 0.308. The van der Waals surface area contributed by atoms with Crippen molar-refractivity contribution in [3.8, 4) is 0 Å². The summed E-state index contributed by atoms with van der Waals surface area (Å²) in [4.78, 5) is 0. The summed E-state index contributed by atoms with van der Waals surface area (Å²) < 4.78 is 3.46. The lowest BCUT2D eigenvalue weighted by Gasteiger charge is -2.12. The minimum Gasteiger partial charge on any atom is -1.00 e. The van der Waals surface area contributed by atoms with Crippen molar-refractivity contribution in [3.05, 3.63) is 48.0 Å². The zero-order chi connectivity index (χ0) is 12.5. The van der Waals surface area contributed by atoms with Crippen molar-refractivity contribution in [2.24, 2.45) is 5.10 Å². The van der Waals surface area contributed by atoms with Crippen LogP contribution >= 0.6 is 0 Å². The lowest BCUT2D eigenvalue weighted by molar-refractivity contribution is -0.693. The lowest BCUT2D eigenvalue weighted by atomic mass is 10.1. The molecular weight excluding hydrogens is 264 g/mol. The van der Waals surface area contributed by atoms with Gasteiger partial charge in [0.15, 0.2) is 0 Å². The minimum atomic E-state index is -0.534. The molecule has 1 atom stereocenters. The van der Waals surface area contributed by atoms with E-state index in [0.717, 1.165) is 17.1 Å². The third-order valence-corrected chi connectivity index (χ3v) is 3.04. The Hall–Kier alpha value is -1.72. The van der Waals surface area contributed by atoms with Crippen molar-refractivity contribution in [1.82, 2.24) is 9.78 Å². The van der Waals surface area contributed by atoms with Gasteiger partial charge in [-0.25, -0.2) is 0 Å². The number of hydrogen-bond donors (Lipinski definition) is 1. The van der Waals surface area contributed by atoms with Crippen LogP contribution in [0.25, 0.3) is 0 Å². The topological polar surface area (TPSA) is 54.3 Å². The maximum atomic E-state index is 10.1. The van der Waals surface area contributed by atoms with E-state index in [4.69, 9.17) is 0 Å². The molecule has 0 fully saturated rings. The first-order chi connectivity index (χ1) is 8.74. The van der Waals surface area contributed by atoms with Crippen molar-refractivity contribution < 1.29 is 22.2 Å². The van der Waals surface area contributed by atoms with Gasteiger partial charge in [0.2, 0.25) is 0 Å². The summed E-state index contributed by atoms with van der Waals surface area (Å²) >= 11 is 0. The van der Waals surface area contributed by atoms with Crippen molar-refractivity contribution in [3.63, 3.8) is 0 Å². The molecule has 2 aromatic rings. The molecule has 1 N–H and O–H groups in total. The quantitative estimate of drug-likeness (QED) is 0.639. The van der Waals surface area contributed by atoms with Crippen molar-refractivity contribution in [2.45, 2.75) is 26.0 Å². The highest BCUT2D eigenvalue weighted by molar-refractivity contribution is 5.82. The molecule has 2 heterocycles. The summed E-state index contributed by atoms with van der Waals surface area (Å²) in [5, 5.41) is 18.8. The van der Waals surface area contributed by atoms with E-state index in [1.54, 1.807) is 15.7 Å². The molecule has 0 radical (unpaired) electrons. The molecule has 3 rings (SSSR count). The van der Waals surface area contributed by atoms with Crippen LogP contribution in [0.1, 0.15) is 30.8 Å². The summed E-state index contributed by atoms with van der Waals surface area (Å²) in [6, 6.07) is 10.1. The molecule has 0 aliphatic carbocycles. The summed E-state index contributed by atoms with van der Waals surface area (Å²) in [6.45, 7) is 2.56. The Labute approximate surface area is 117 Å². The van der Waals surface area contributed by atoms with E-state index in [-0.39, 0.29) is 12.4 Å². The molecular formula is C13H15ClN4O. The second kappa shape index (κ2) is 5.50. The second-order valence-electron chi connectivity index (χ2n) is 4.53. The number of fused-ring (bicyclic) bond motifs is 1. The summed E-state index contributed by atoms with van der Waals surface area (Å²) in [7, 11) is 0. The lowest BCUT2D eigenvalue weighted by Crippen LogP contribution is -3.00. The van der Waals surface area contributed by atoms with Crippen LogP contribution in [0.2, 0.25) is 0 Å². The van der Waals surface area contributed by atoms with Crippen LogP contribution in [0.4, 0.5) is 0 Å². The first kappa shape index (κ1) is 13.7. The standard InChI is InChI=1S/C13H15N4O.ClH/c1-10-7-12(18)13-16(14-9-17(13)15-10)8-11-5-3-2-4-6-11;/h2-6,9,12,18H,7-8H2,1H3;1H/q+1;/p-1. The molecule has 6 heteroatoms. The molecule has 100 valence electrons. The Morgan fingerprint density at radius 3 is 2.84 bits per heavy atom. The van der Waals surface area contributed by atoms with Gasteiger partial charge in [-0.1, -0.05) is 30.3 Å². The molecule has 1 aliphatic rings. The van der Waals surface area contributed by atoms with Gasteiger partial charge in [0, 0.05) is 11.5 Å². The monoisotopic (exact) mass is 278 g/mol. The fourth-order valence-electron chi connectivity index (χ4n) is 2.22. The molecule has 1 aromatic carbocycles. The molecule has 0 saturated heterocycles. The van der Waals surface area contributed by atoms with Crippen LogP contribution in [0, 0.1) is 0 Å². The highest BCUT2D eigenvalue weighted by atomic mass is 35.5. The van der Waals surface area contributed by atoms with Gasteiger partial charge in [-0.2, -0.15) is 0 Å². The molecule has 0 saturated carbocycles. The van der Waals surface area contributed by atoms with Crippen LogP contribution in [0.15, 0.2) is 41.8 Å². The number of aliphatic hydroxyl groups is 1. The minimum absolute atomic E-state index is 0. The summed E-state index contributed by atoms with van der Waals surface area (Å²) in [5.41, 5.74) is 2.07. The number of benzene rings is 1. The van der Waals surface area contributed by atoms with E-state index in [1.807, 2.05) is 37.3 Å². The SMILES string of the molecule is CC1=N[n+]2cnn(Cc3ccccc3)c2C(O)C1.[Cl-]. The number of aliphatic hydroxyl groups excluding tert-OH is 1. The second-order valence-corrected chi connectivity index (χ2v) is 4.53. The van der Waals surface area contributed by atoms with Gasteiger partial charge in [0.1, 0.15) is 12.6 Å². The highest BCUT2D eigenvalue weighted by Gasteiger charge is 2.30. The predicted molar refractivity (Wildman–Crippen MR) is 66.0 cm³/mol. The van der Waals surface area contributed by atoms with Crippen LogP contribution in [-0.2, 0) is 6.54 Å².